The van der Waals surface area contributed by atoms with Crippen molar-refractivity contribution in [3.05, 3.63) is 59.2 Å². The number of ether oxygens (including phenoxy) is 1. The molecule has 0 radical (unpaired) electrons. The van der Waals surface area contributed by atoms with Crippen molar-refractivity contribution in [2.45, 2.75) is 62.6 Å². The maximum Gasteiger partial charge on any atom is 0.198 e. The summed E-state index contributed by atoms with van der Waals surface area (Å²) >= 11 is 0. The van der Waals surface area contributed by atoms with Gasteiger partial charge in [-0.15, -0.1) is 0 Å². The van der Waals surface area contributed by atoms with Crippen molar-refractivity contribution in [2.75, 3.05) is 32.2 Å². The van der Waals surface area contributed by atoms with Crippen LogP contribution in [0.2, 0.25) is 0 Å². The summed E-state index contributed by atoms with van der Waals surface area (Å²) in [6.07, 6.45) is 3.57. The third kappa shape index (κ3) is 6.95. The zero-order valence-corrected chi connectivity index (χ0v) is 22.9. The van der Waals surface area contributed by atoms with Crippen molar-refractivity contribution in [3.8, 4) is 5.75 Å². The summed E-state index contributed by atoms with van der Waals surface area (Å²) in [4.78, 5) is 9.88. The fraction of sp³-hybridized carbons (Fsp3) is 0.538. The Hall–Kier alpha value is -1.70. The molecule has 2 aromatic carbocycles. The summed E-state index contributed by atoms with van der Waals surface area (Å²) in [6, 6.07) is 13.2. The van der Waals surface area contributed by atoms with E-state index in [1.807, 2.05) is 36.4 Å². The summed E-state index contributed by atoms with van der Waals surface area (Å²) in [5.74, 6) is 0.630. The van der Waals surface area contributed by atoms with Crippen LogP contribution in [-0.4, -0.2) is 51.1 Å². The summed E-state index contributed by atoms with van der Waals surface area (Å²) < 4.78 is 45.0. The minimum absolute atomic E-state index is 0.0373. The van der Waals surface area contributed by atoms with Gasteiger partial charge in [0.2, 0.25) is 0 Å². The van der Waals surface area contributed by atoms with Crippen LogP contribution < -0.4 is 15.4 Å². The summed E-state index contributed by atoms with van der Waals surface area (Å²) in [5, 5.41) is 6.93. The molecule has 0 saturated carbocycles. The molecule has 35 heavy (non-hydrogen) atoms. The number of fused-ring (bicyclic) bond motifs is 1. The smallest absolute Gasteiger partial charge is 0.198 e. The van der Waals surface area contributed by atoms with Crippen LogP contribution in [-0.2, 0) is 20.9 Å². The molecule has 1 aliphatic rings. The second kappa shape index (κ2) is 11.6. The Kier molecular flexibility index (Phi) is 9.22. The highest BCUT2D eigenvalue weighted by Crippen LogP contribution is 2.41. The summed E-state index contributed by atoms with van der Waals surface area (Å²) in [5.41, 5.74) is 1.87. The van der Waals surface area contributed by atoms with Gasteiger partial charge >= 0.3 is 0 Å². The van der Waals surface area contributed by atoms with Gasteiger partial charge in [0.05, 0.1) is 23.8 Å². The molecule has 0 aliphatic carbocycles. The molecule has 9 heteroatoms. The quantitative estimate of drug-likeness (QED) is 0.295. The van der Waals surface area contributed by atoms with Gasteiger partial charge in [-0.05, 0) is 36.1 Å². The van der Waals surface area contributed by atoms with Crippen molar-refractivity contribution in [1.82, 2.24) is 10.6 Å². The highest BCUT2D eigenvalue weighted by molar-refractivity contribution is 7.91. The Morgan fingerprint density at radius 2 is 1.94 bits per heavy atom. The van der Waals surface area contributed by atoms with E-state index in [9.17, 15) is 17.9 Å². The summed E-state index contributed by atoms with van der Waals surface area (Å²) in [7, 11) is -5.14. The Balaban J connectivity index is 2.10. The van der Waals surface area contributed by atoms with Crippen LogP contribution >= 0.6 is 7.37 Å². The number of hydrogen-bond acceptors (Lipinski definition) is 6. The molecular formula is C26H39N2O5PS. The highest BCUT2D eigenvalue weighted by Gasteiger charge is 2.42. The van der Waals surface area contributed by atoms with Crippen LogP contribution in [0.4, 0.5) is 0 Å². The fourth-order valence-corrected chi connectivity index (χ4v) is 7.51. The van der Waals surface area contributed by atoms with Gasteiger partial charge in [-0.3, -0.25) is 9.88 Å². The second-order valence-electron chi connectivity index (χ2n) is 9.64. The molecule has 0 amide bonds. The number of benzene rings is 2. The van der Waals surface area contributed by atoms with Crippen LogP contribution in [0.1, 0.15) is 62.3 Å². The molecule has 3 N–H and O–H groups in total. The molecule has 0 aromatic heterocycles. The highest BCUT2D eigenvalue weighted by atomic mass is 32.2. The molecule has 2 aromatic rings. The number of methoxy groups -OCH3 is 1. The number of rotatable bonds is 11. The zero-order chi connectivity index (χ0) is 25.7. The lowest BCUT2D eigenvalue weighted by Crippen LogP contribution is -2.50. The zero-order valence-electron chi connectivity index (χ0n) is 21.2. The van der Waals surface area contributed by atoms with Crippen LogP contribution in [0.15, 0.2) is 47.4 Å². The molecule has 3 atom stereocenters. The van der Waals surface area contributed by atoms with Gasteiger partial charge in [-0.2, -0.15) is 0 Å². The normalized spacial score (nSPS) is 23.2. The van der Waals surface area contributed by atoms with Crippen LogP contribution in [0.5, 0.6) is 5.75 Å². The largest absolute Gasteiger partial charge is 0.496 e. The SMILES string of the molecule is CCCC[C@]1(CC)CS(=O)(=O)c2cc(CNCCP(C)(=O)O)c(OC)cc2[C@@H](c2ccccc2)N1. The van der Waals surface area contributed by atoms with Crippen LogP contribution in [0.3, 0.4) is 0 Å². The number of hydrogen-bond donors (Lipinski definition) is 3. The molecule has 0 spiro atoms. The first-order valence-electron chi connectivity index (χ1n) is 12.3. The molecular weight excluding hydrogens is 483 g/mol. The lowest BCUT2D eigenvalue weighted by Gasteiger charge is -2.36. The fourth-order valence-electron chi connectivity index (χ4n) is 4.77. The maximum atomic E-state index is 13.8. The number of unbranched alkanes of at least 4 members (excludes halogenated alkanes) is 1. The Labute approximate surface area is 210 Å². The van der Waals surface area contributed by atoms with Crippen molar-refractivity contribution in [1.29, 1.82) is 0 Å². The van der Waals surface area contributed by atoms with Gasteiger partial charge in [0.25, 0.3) is 0 Å². The Bertz CT molecular complexity index is 1150. The van der Waals surface area contributed by atoms with E-state index in [0.717, 1.165) is 24.8 Å². The van der Waals surface area contributed by atoms with E-state index >= 15 is 0 Å². The van der Waals surface area contributed by atoms with Gasteiger partial charge in [0.15, 0.2) is 17.2 Å². The predicted octanol–water partition coefficient (Wildman–Crippen LogP) is 4.49. The first-order chi connectivity index (χ1) is 16.5. The minimum atomic E-state index is -3.60. The van der Waals surface area contributed by atoms with Gasteiger partial charge in [0.1, 0.15) is 5.75 Å². The number of sulfone groups is 1. The first-order valence-corrected chi connectivity index (χ1v) is 16.2. The topological polar surface area (TPSA) is 105 Å². The monoisotopic (exact) mass is 522 g/mol. The van der Waals surface area contributed by atoms with Gasteiger partial charge in [-0.1, -0.05) is 57.0 Å². The first kappa shape index (κ1) is 27.9. The van der Waals surface area contributed by atoms with E-state index in [0.29, 0.717) is 41.3 Å². The molecule has 194 valence electrons. The van der Waals surface area contributed by atoms with E-state index in [2.05, 4.69) is 24.5 Å². The standard InChI is InChI=1S/C26H39N2O5PS/c1-5-7-13-26(6-2)19-35(31,32)24-16-21(18-27-14-15-34(4,29)30)23(33-3)17-22(24)25(28-26)20-11-9-8-10-12-20/h8-12,16-17,25,27-28H,5-7,13-15,18-19H2,1-4H3,(H,29,30)/t25-,26-/m1/s1. The van der Waals surface area contributed by atoms with Gasteiger partial charge < -0.3 is 14.9 Å². The van der Waals surface area contributed by atoms with Crippen molar-refractivity contribution in [2.24, 2.45) is 0 Å². The van der Waals surface area contributed by atoms with Crippen molar-refractivity contribution in [3.63, 3.8) is 0 Å². The van der Waals surface area contributed by atoms with E-state index in [-0.39, 0.29) is 18.0 Å². The lowest BCUT2D eigenvalue weighted by molar-refractivity contribution is 0.294. The third-order valence-electron chi connectivity index (χ3n) is 6.81. The maximum absolute atomic E-state index is 13.8. The lowest BCUT2D eigenvalue weighted by atomic mass is 9.88. The molecule has 7 nitrogen and oxygen atoms in total. The Morgan fingerprint density at radius 3 is 2.54 bits per heavy atom. The molecule has 0 fully saturated rings. The molecule has 1 unspecified atom stereocenters. The van der Waals surface area contributed by atoms with E-state index in [1.54, 1.807) is 13.2 Å². The molecule has 1 aliphatic heterocycles. The van der Waals surface area contributed by atoms with Gasteiger partial charge in [-0.25, -0.2) is 8.42 Å². The molecule has 0 bridgehead atoms. The molecule has 0 saturated heterocycles. The van der Waals surface area contributed by atoms with E-state index < -0.39 is 22.7 Å². The predicted molar refractivity (Wildman–Crippen MR) is 141 cm³/mol. The van der Waals surface area contributed by atoms with E-state index in [4.69, 9.17) is 4.74 Å². The average molecular weight is 523 g/mol. The average Bonchev–Trinajstić information content (AvgIpc) is 2.92. The van der Waals surface area contributed by atoms with Crippen molar-refractivity contribution < 1.29 is 22.6 Å². The van der Waals surface area contributed by atoms with Crippen molar-refractivity contribution >= 4 is 17.2 Å². The number of nitrogens with one attached hydrogen (secondary N) is 2. The Morgan fingerprint density at radius 1 is 1.23 bits per heavy atom. The third-order valence-corrected chi connectivity index (χ3v) is 9.82. The van der Waals surface area contributed by atoms with Crippen LogP contribution in [0.25, 0.3) is 0 Å². The molecule has 1 heterocycles. The van der Waals surface area contributed by atoms with Gasteiger partial charge in [0, 0.05) is 37.0 Å². The van der Waals surface area contributed by atoms with E-state index in [1.165, 1.54) is 6.66 Å². The minimum Gasteiger partial charge on any atom is -0.496 e. The van der Waals surface area contributed by atoms with Crippen LogP contribution in [0, 0.1) is 0 Å². The molecule has 3 rings (SSSR count). The second-order valence-corrected chi connectivity index (χ2v) is 14.1. The summed E-state index contributed by atoms with van der Waals surface area (Å²) in [6.45, 7) is 6.20.